The maximum Gasteiger partial charge on any atom is 0.344 e. The number of halogens is 1. The van der Waals surface area contributed by atoms with E-state index in [-0.39, 0.29) is 18.3 Å². The normalized spacial score (nSPS) is 18.9. The first-order valence-corrected chi connectivity index (χ1v) is 9.36. The van der Waals surface area contributed by atoms with Crippen molar-refractivity contribution in [1.29, 1.82) is 0 Å². The number of carbonyl (C=O) groups excluding carboxylic acids is 3. The quantitative estimate of drug-likeness (QED) is 0.744. The molecule has 0 unspecified atom stereocenters. The van der Waals surface area contributed by atoms with Crippen molar-refractivity contribution in [3.8, 4) is 0 Å². The molecule has 2 aliphatic rings. The summed E-state index contributed by atoms with van der Waals surface area (Å²) in [6.45, 7) is 2.84. The van der Waals surface area contributed by atoms with Gasteiger partial charge in [0.05, 0.1) is 6.54 Å². The highest BCUT2D eigenvalue weighted by molar-refractivity contribution is 6.08. The molecule has 3 rings (SSSR count). The van der Waals surface area contributed by atoms with Gasteiger partial charge in [-0.05, 0) is 37.1 Å². The molecule has 1 spiro atoms. The minimum atomic E-state index is -0.866. The SMILES string of the molecule is CCN(CC(=O)NN1C(=O)NC2(CCCCC2)C1=O)Cc1cccc(F)c1. The molecule has 0 radical (unpaired) electrons. The van der Waals surface area contributed by atoms with Crippen LogP contribution < -0.4 is 10.7 Å². The molecule has 1 aromatic rings. The number of hydrogen-bond donors (Lipinski definition) is 2. The van der Waals surface area contributed by atoms with E-state index < -0.39 is 17.5 Å². The van der Waals surface area contributed by atoms with E-state index in [9.17, 15) is 18.8 Å². The molecule has 1 heterocycles. The van der Waals surface area contributed by atoms with Gasteiger partial charge in [-0.15, -0.1) is 0 Å². The van der Waals surface area contributed by atoms with Gasteiger partial charge in [0.2, 0.25) is 0 Å². The zero-order valence-electron chi connectivity index (χ0n) is 15.5. The summed E-state index contributed by atoms with van der Waals surface area (Å²) >= 11 is 0. The summed E-state index contributed by atoms with van der Waals surface area (Å²) in [6.07, 6.45) is 4.01. The fourth-order valence-electron chi connectivity index (χ4n) is 3.75. The van der Waals surface area contributed by atoms with Crippen molar-refractivity contribution >= 4 is 17.8 Å². The number of urea groups is 1. The second-order valence-electron chi connectivity index (χ2n) is 7.18. The Kier molecular flexibility index (Phi) is 5.74. The Morgan fingerprint density at radius 3 is 2.70 bits per heavy atom. The van der Waals surface area contributed by atoms with Crippen molar-refractivity contribution in [2.24, 2.45) is 0 Å². The van der Waals surface area contributed by atoms with E-state index in [0.29, 0.717) is 25.9 Å². The first kappa shape index (κ1) is 19.3. The second-order valence-corrected chi connectivity index (χ2v) is 7.18. The van der Waals surface area contributed by atoms with E-state index in [1.165, 1.54) is 12.1 Å². The summed E-state index contributed by atoms with van der Waals surface area (Å²) in [5, 5.41) is 3.56. The van der Waals surface area contributed by atoms with Gasteiger partial charge >= 0.3 is 6.03 Å². The van der Waals surface area contributed by atoms with Crippen molar-refractivity contribution in [2.75, 3.05) is 13.1 Å². The maximum atomic E-state index is 13.3. The number of nitrogens with zero attached hydrogens (tertiary/aromatic N) is 2. The number of imide groups is 1. The lowest BCUT2D eigenvalue weighted by molar-refractivity contribution is -0.140. The molecule has 1 saturated heterocycles. The fourth-order valence-corrected chi connectivity index (χ4v) is 3.75. The van der Waals surface area contributed by atoms with Crippen molar-refractivity contribution in [3.63, 3.8) is 0 Å². The first-order valence-electron chi connectivity index (χ1n) is 9.36. The van der Waals surface area contributed by atoms with E-state index in [4.69, 9.17) is 0 Å². The molecule has 1 aliphatic carbocycles. The Balaban J connectivity index is 1.59. The Bertz CT molecular complexity index is 733. The molecule has 7 nitrogen and oxygen atoms in total. The average molecular weight is 376 g/mol. The summed E-state index contributed by atoms with van der Waals surface area (Å²) in [6, 6.07) is 5.61. The van der Waals surface area contributed by atoms with Crippen LogP contribution in [0.15, 0.2) is 24.3 Å². The lowest BCUT2D eigenvalue weighted by Crippen LogP contribution is -2.52. The second kappa shape index (κ2) is 8.04. The number of amides is 4. The predicted octanol–water partition coefficient (Wildman–Crippen LogP) is 1.93. The number of rotatable bonds is 6. The van der Waals surface area contributed by atoms with Crippen LogP contribution in [-0.2, 0) is 16.1 Å². The van der Waals surface area contributed by atoms with Crippen LogP contribution in [0.25, 0.3) is 0 Å². The van der Waals surface area contributed by atoms with Crippen LogP contribution in [0, 0.1) is 5.82 Å². The Labute approximate surface area is 157 Å². The fraction of sp³-hybridized carbons (Fsp3) is 0.526. The van der Waals surface area contributed by atoms with Crippen LogP contribution in [0.3, 0.4) is 0 Å². The molecule has 0 atom stereocenters. The van der Waals surface area contributed by atoms with Crippen LogP contribution in [0.1, 0.15) is 44.6 Å². The Morgan fingerprint density at radius 2 is 2.04 bits per heavy atom. The van der Waals surface area contributed by atoms with Crippen LogP contribution in [0.5, 0.6) is 0 Å². The average Bonchev–Trinajstić information content (AvgIpc) is 2.86. The highest BCUT2D eigenvalue weighted by Crippen LogP contribution is 2.32. The largest absolute Gasteiger partial charge is 0.344 e. The predicted molar refractivity (Wildman–Crippen MR) is 96.7 cm³/mol. The Morgan fingerprint density at radius 1 is 1.30 bits per heavy atom. The molecule has 2 fully saturated rings. The van der Waals surface area contributed by atoms with Crippen molar-refractivity contribution < 1.29 is 18.8 Å². The van der Waals surface area contributed by atoms with Gasteiger partial charge in [-0.1, -0.05) is 38.3 Å². The molecular formula is C19H25FN4O3. The Hall–Kier alpha value is -2.48. The zero-order chi connectivity index (χ0) is 19.4. The molecule has 4 amide bonds. The summed E-state index contributed by atoms with van der Waals surface area (Å²) in [7, 11) is 0. The summed E-state index contributed by atoms with van der Waals surface area (Å²) in [5.41, 5.74) is 2.31. The monoisotopic (exact) mass is 376 g/mol. The van der Waals surface area contributed by atoms with Gasteiger partial charge in [-0.25, -0.2) is 9.18 Å². The van der Waals surface area contributed by atoms with E-state index in [0.717, 1.165) is 29.8 Å². The van der Waals surface area contributed by atoms with E-state index in [1.807, 2.05) is 6.92 Å². The molecule has 2 N–H and O–H groups in total. The van der Waals surface area contributed by atoms with Crippen LogP contribution in [-0.4, -0.2) is 46.4 Å². The maximum absolute atomic E-state index is 13.3. The summed E-state index contributed by atoms with van der Waals surface area (Å²) in [4.78, 5) is 39.1. The molecule has 1 aromatic carbocycles. The number of hydrogen-bond acceptors (Lipinski definition) is 4. The highest BCUT2D eigenvalue weighted by atomic mass is 19.1. The molecule has 8 heteroatoms. The lowest BCUT2D eigenvalue weighted by atomic mass is 9.82. The number of benzene rings is 1. The molecule has 146 valence electrons. The van der Waals surface area contributed by atoms with E-state index in [1.54, 1.807) is 17.0 Å². The molecule has 0 bridgehead atoms. The third-order valence-electron chi connectivity index (χ3n) is 5.22. The van der Waals surface area contributed by atoms with Gasteiger partial charge < -0.3 is 5.32 Å². The van der Waals surface area contributed by atoms with Crippen LogP contribution in [0.4, 0.5) is 9.18 Å². The van der Waals surface area contributed by atoms with Crippen LogP contribution >= 0.6 is 0 Å². The van der Waals surface area contributed by atoms with Gasteiger partial charge in [-0.2, -0.15) is 5.01 Å². The van der Waals surface area contributed by atoms with E-state index in [2.05, 4.69) is 10.7 Å². The van der Waals surface area contributed by atoms with Gasteiger partial charge in [0.15, 0.2) is 0 Å². The topological polar surface area (TPSA) is 81.8 Å². The minimum absolute atomic E-state index is 0.00290. The molecule has 1 saturated carbocycles. The van der Waals surface area contributed by atoms with Crippen molar-refractivity contribution in [1.82, 2.24) is 20.7 Å². The smallest absolute Gasteiger partial charge is 0.322 e. The number of carbonyl (C=O) groups is 3. The lowest BCUT2D eigenvalue weighted by Gasteiger charge is -2.30. The summed E-state index contributed by atoms with van der Waals surface area (Å²) < 4.78 is 13.3. The van der Waals surface area contributed by atoms with Gasteiger partial charge in [0, 0.05) is 6.54 Å². The first-order chi connectivity index (χ1) is 12.9. The molecule has 0 aromatic heterocycles. The van der Waals surface area contributed by atoms with Crippen molar-refractivity contribution in [3.05, 3.63) is 35.6 Å². The summed E-state index contributed by atoms with van der Waals surface area (Å²) in [5.74, 6) is -1.16. The van der Waals surface area contributed by atoms with Gasteiger partial charge in [0.1, 0.15) is 11.4 Å². The molecular weight excluding hydrogens is 351 g/mol. The molecule has 27 heavy (non-hydrogen) atoms. The third kappa shape index (κ3) is 4.27. The molecule has 1 aliphatic heterocycles. The number of nitrogens with one attached hydrogen (secondary N) is 2. The van der Waals surface area contributed by atoms with Gasteiger partial charge in [-0.3, -0.25) is 19.9 Å². The highest BCUT2D eigenvalue weighted by Gasteiger charge is 2.52. The third-order valence-corrected chi connectivity index (χ3v) is 5.22. The minimum Gasteiger partial charge on any atom is -0.322 e. The number of hydrazine groups is 1. The van der Waals surface area contributed by atoms with Crippen LogP contribution in [0.2, 0.25) is 0 Å². The van der Waals surface area contributed by atoms with Gasteiger partial charge in [0.25, 0.3) is 11.8 Å². The van der Waals surface area contributed by atoms with Crippen molar-refractivity contribution in [2.45, 2.75) is 51.1 Å². The standard InChI is InChI=1S/C19H25FN4O3/c1-2-23(12-14-7-6-8-15(20)11-14)13-16(25)22-24-17(26)19(21-18(24)27)9-4-3-5-10-19/h6-8,11H,2-5,9-10,12-13H2,1H3,(H,21,27)(H,22,25). The zero-order valence-corrected chi connectivity index (χ0v) is 15.5. The van der Waals surface area contributed by atoms with E-state index >= 15 is 0 Å². The number of likely N-dealkylation sites (N-methyl/N-ethyl adjacent to an activating group) is 1.